The summed E-state index contributed by atoms with van der Waals surface area (Å²) in [6.45, 7) is 18.7. The fourth-order valence-corrected chi connectivity index (χ4v) is 11.8. The normalized spacial score (nSPS) is 46.6. The molecule has 0 aromatic carbocycles. The molecule has 1 aliphatic heterocycles. The van der Waals surface area contributed by atoms with Crippen LogP contribution in [0.15, 0.2) is 0 Å². The second-order valence-corrected chi connectivity index (χ2v) is 16.0. The number of rotatable bonds is 4. The second-order valence-electron chi connectivity index (χ2n) is 16.0. The fourth-order valence-electron chi connectivity index (χ4n) is 11.8. The van der Waals surface area contributed by atoms with E-state index in [0.29, 0.717) is 18.3 Å². The van der Waals surface area contributed by atoms with Gasteiger partial charge < -0.3 is 14.2 Å². The molecular formula is C34H52O7. The van der Waals surface area contributed by atoms with Crippen molar-refractivity contribution >= 4 is 23.7 Å². The van der Waals surface area contributed by atoms with Gasteiger partial charge in [0.25, 0.3) is 0 Å². The average molecular weight is 573 g/mol. The molecule has 0 aromatic heterocycles. The van der Waals surface area contributed by atoms with Crippen LogP contribution < -0.4 is 0 Å². The Morgan fingerprint density at radius 1 is 0.805 bits per heavy atom. The van der Waals surface area contributed by atoms with Crippen LogP contribution >= 0.6 is 0 Å². The highest BCUT2D eigenvalue weighted by Gasteiger charge is 2.77. The number of esters is 3. The lowest BCUT2D eigenvalue weighted by molar-refractivity contribution is -0.283. The Morgan fingerprint density at radius 3 is 2.00 bits per heavy atom. The monoisotopic (exact) mass is 572 g/mol. The molecule has 0 bridgehead atoms. The Kier molecular flexibility index (Phi) is 7.11. The molecule has 9 atom stereocenters. The Labute approximate surface area is 246 Å². The van der Waals surface area contributed by atoms with Crippen LogP contribution in [0.3, 0.4) is 0 Å². The molecule has 5 fully saturated rings. The Morgan fingerprint density at radius 2 is 1.44 bits per heavy atom. The Balaban J connectivity index is 1.61. The van der Waals surface area contributed by atoms with Gasteiger partial charge in [-0.05, 0) is 79.4 Å². The van der Waals surface area contributed by atoms with E-state index < -0.39 is 17.0 Å². The molecular weight excluding hydrogens is 520 g/mol. The van der Waals surface area contributed by atoms with Crippen molar-refractivity contribution in [1.82, 2.24) is 0 Å². The van der Waals surface area contributed by atoms with E-state index in [1.54, 1.807) is 0 Å². The number of Topliss-reactive ketones (excluding diaryl/α,β-unsaturated/α-hetero) is 1. The van der Waals surface area contributed by atoms with E-state index in [2.05, 4.69) is 34.6 Å². The lowest BCUT2D eigenvalue weighted by atomic mass is 9.31. The van der Waals surface area contributed by atoms with E-state index in [4.69, 9.17) is 14.2 Å². The fraction of sp³-hybridized carbons (Fsp3) is 0.882. The van der Waals surface area contributed by atoms with E-state index in [9.17, 15) is 19.2 Å². The van der Waals surface area contributed by atoms with Crippen LogP contribution in [0, 0.1) is 50.7 Å². The smallest absolute Gasteiger partial charge is 0.306 e. The molecule has 1 heterocycles. The summed E-state index contributed by atoms with van der Waals surface area (Å²) < 4.78 is 17.9. The molecule has 0 N–H and O–H groups in total. The maximum Gasteiger partial charge on any atom is 0.306 e. The van der Waals surface area contributed by atoms with E-state index in [0.717, 1.165) is 44.9 Å². The Hall–Kier alpha value is -1.92. The number of fused-ring (bicyclic) bond motifs is 5. The molecule has 0 radical (unpaired) electrons. The molecule has 5 aliphatic rings. The van der Waals surface area contributed by atoms with Gasteiger partial charge >= 0.3 is 17.9 Å². The predicted octanol–water partition coefficient (Wildman–Crippen LogP) is 6.45. The van der Waals surface area contributed by atoms with Gasteiger partial charge in [-0.25, -0.2) is 0 Å². The minimum atomic E-state index is -1.38. The van der Waals surface area contributed by atoms with Gasteiger partial charge in [0.1, 0.15) is 12.7 Å². The van der Waals surface area contributed by atoms with Crippen molar-refractivity contribution in [2.24, 2.45) is 50.7 Å². The molecule has 7 heteroatoms. The largest absolute Gasteiger partial charge is 0.465 e. The van der Waals surface area contributed by atoms with Crippen molar-refractivity contribution in [2.75, 3.05) is 6.61 Å². The number of cyclic esters (lactones) is 1. The summed E-state index contributed by atoms with van der Waals surface area (Å²) in [6.07, 6.45) is 7.16. The molecule has 4 aliphatic carbocycles. The molecule has 2 unspecified atom stereocenters. The highest BCUT2D eigenvalue weighted by Crippen LogP contribution is 2.77. The van der Waals surface area contributed by atoms with Crippen molar-refractivity contribution < 1.29 is 33.4 Å². The van der Waals surface area contributed by atoms with Crippen molar-refractivity contribution in [1.29, 1.82) is 0 Å². The van der Waals surface area contributed by atoms with E-state index in [1.165, 1.54) is 13.8 Å². The molecule has 1 saturated heterocycles. The highest BCUT2D eigenvalue weighted by molar-refractivity contribution is 5.94. The zero-order valence-corrected chi connectivity index (χ0v) is 26.8. The summed E-state index contributed by atoms with van der Waals surface area (Å²) in [5.41, 5.74) is -2.63. The molecule has 0 aromatic rings. The molecule has 7 nitrogen and oxygen atoms in total. The van der Waals surface area contributed by atoms with Gasteiger partial charge in [-0.2, -0.15) is 0 Å². The van der Waals surface area contributed by atoms with Gasteiger partial charge in [0.2, 0.25) is 0 Å². The van der Waals surface area contributed by atoms with Crippen LogP contribution in [-0.4, -0.2) is 42.0 Å². The van der Waals surface area contributed by atoms with Crippen LogP contribution in [0.5, 0.6) is 0 Å². The quantitative estimate of drug-likeness (QED) is 0.282. The Bertz CT molecular complexity index is 1140. The summed E-state index contributed by atoms with van der Waals surface area (Å²) in [6, 6.07) is 0. The predicted molar refractivity (Wildman–Crippen MR) is 153 cm³/mol. The zero-order valence-electron chi connectivity index (χ0n) is 26.8. The molecule has 0 amide bonds. The summed E-state index contributed by atoms with van der Waals surface area (Å²) in [5, 5.41) is 0. The van der Waals surface area contributed by atoms with Gasteiger partial charge in [0, 0.05) is 31.1 Å². The molecule has 1 spiro atoms. The second kappa shape index (κ2) is 9.54. The van der Waals surface area contributed by atoms with E-state index in [1.807, 2.05) is 13.8 Å². The SMILES string of the molecule is CC(=O)O[C@H]1CC[C@@]2(C)C(CC[C@]3(C)[C@@H]2CCC2[C@](OC(C)=O)(C(=O)C(C)C)[C@]4(CC[C@]23C)COC(=O)C4)C1(C)C. The first-order valence-electron chi connectivity index (χ1n) is 16.0. The van der Waals surface area contributed by atoms with Crippen LogP contribution in [0.25, 0.3) is 0 Å². The average Bonchev–Trinajstić information content (AvgIpc) is 3.24. The molecule has 230 valence electrons. The van der Waals surface area contributed by atoms with Crippen molar-refractivity contribution in [3.8, 4) is 0 Å². The van der Waals surface area contributed by atoms with Crippen LogP contribution in [0.1, 0.15) is 120 Å². The lowest BCUT2D eigenvalue weighted by Gasteiger charge is -2.73. The maximum absolute atomic E-state index is 14.5. The van der Waals surface area contributed by atoms with Crippen molar-refractivity contribution in [3.63, 3.8) is 0 Å². The van der Waals surface area contributed by atoms with Gasteiger partial charge in [-0.15, -0.1) is 0 Å². The summed E-state index contributed by atoms with van der Waals surface area (Å²) in [4.78, 5) is 52.0. The van der Waals surface area contributed by atoms with E-state index >= 15 is 0 Å². The number of hydrogen-bond donors (Lipinski definition) is 0. The highest BCUT2D eigenvalue weighted by atomic mass is 16.6. The van der Waals surface area contributed by atoms with Crippen LogP contribution in [0.4, 0.5) is 0 Å². The van der Waals surface area contributed by atoms with Crippen LogP contribution in [-0.2, 0) is 33.4 Å². The third kappa shape index (κ3) is 3.95. The van der Waals surface area contributed by atoms with Gasteiger partial charge in [0.05, 0.1) is 11.8 Å². The minimum Gasteiger partial charge on any atom is -0.465 e. The molecule has 4 saturated carbocycles. The number of ketones is 1. The van der Waals surface area contributed by atoms with Gasteiger partial charge in [-0.1, -0.05) is 48.5 Å². The first-order chi connectivity index (χ1) is 18.9. The topological polar surface area (TPSA) is 96.0 Å². The van der Waals surface area contributed by atoms with Gasteiger partial charge in [0.15, 0.2) is 11.4 Å². The standard InChI is InChI=1S/C34H52O7/c1-20(2)28(38)34(41-22(4)36)25-11-10-24-30(7)14-13-26(40-21(3)35)29(5,6)23(30)12-15-31(24,8)32(25,9)16-17-33(34)18-27(37)39-19-33/h20,23-26H,10-19H2,1-9H3/t23?,24-,25?,26+,30+,31-,32-,33+,34+/m1/s1. The molecule has 41 heavy (non-hydrogen) atoms. The zero-order chi connectivity index (χ0) is 30.4. The van der Waals surface area contributed by atoms with Gasteiger partial charge in [-0.3, -0.25) is 19.2 Å². The number of hydrogen-bond acceptors (Lipinski definition) is 7. The van der Waals surface area contributed by atoms with Crippen LogP contribution in [0.2, 0.25) is 0 Å². The number of carbonyl (C=O) groups is 4. The number of ether oxygens (including phenoxy) is 3. The summed E-state index contributed by atoms with van der Waals surface area (Å²) >= 11 is 0. The summed E-state index contributed by atoms with van der Waals surface area (Å²) in [5.74, 6) is -0.736. The maximum atomic E-state index is 14.5. The lowest BCUT2D eigenvalue weighted by Crippen LogP contribution is -2.74. The third-order valence-electron chi connectivity index (χ3n) is 13.7. The third-order valence-corrected chi connectivity index (χ3v) is 13.7. The van der Waals surface area contributed by atoms with Crippen molar-refractivity contribution in [2.45, 2.75) is 132 Å². The van der Waals surface area contributed by atoms with E-state index in [-0.39, 0.29) is 70.3 Å². The minimum absolute atomic E-state index is 0.0631. The van der Waals surface area contributed by atoms with Crippen molar-refractivity contribution in [3.05, 3.63) is 0 Å². The number of carbonyl (C=O) groups excluding carboxylic acids is 4. The molecule has 5 rings (SSSR count). The first kappa shape index (κ1) is 30.5. The summed E-state index contributed by atoms with van der Waals surface area (Å²) in [7, 11) is 0. The first-order valence-corrected chi connectivity index (χ1v) is 16.0.